The van der Waals surface area contributed by atoms with Crippen LogP contribution in [0, 0.1) is 0 Å². The van der Waals surface area contributed by atoms with Gasteiger partial charge in [-0.05, 0) is 47.3 Å². The molecule has 0 unspecified atom stereocenters. The van der Waals surface area contributed by atoms with Crippen LogP contribution in [0.25, 0.3) is 0 Å². The van der Waals surface area contributed by atoms with Gasteiger partial charge in [-0.25, -0.2) is 0 Å². The quantitative estimate of drug-likeness (QED) is 0.804. The molecule has 1 N–H and O–H groups in total. The fourth-order valence-corrected chi connectivity index (χ4v) is 2.55. The third-order valence-corrected chi connectivity index (χ3v) is 4.08. The highest BCUT2D eigenvalue weighted by atomic mass is 15.3. The molecule has 0 spiro atoms. The van der Waals surface area contributed by atoms with E-state index < -0.39 is 0 Å². The summed E-state index contributed by atoms with van der Waals surface area (Å²) in [6.45, 7) is 14.6. The lowest BCUT2D eigenvalue weighted by atomic mass is 10.1. The third-order valence-electron chi connectivity index (χ3n) is 4.08. The summed E-state index contributed by atoms with van der Waals surface area (Å²) in [6, 6.07) is 0. The van der Waals surface area contributed by atoms with Gasteiger partial charge in [0.1, 0.15) is 0 Å². The van der Waals surface area contributed by atoms with Crippen LogP contribution in [0.2, 0.25) is 0 Å². The smallest absolute Gasteiger partial charge is 0.0543 e. The van der Waals surface area contributed by atoms with Crippen molar-refractivity contribution in [2.45, 2.75) is 39.3 Å². The molecule has 1 saturated heterocycles. The van der Waals surface area contributed by atoms with Gasteiger partial charge in [0.2, 0.25) is 0 Å². The first kappa shape index (κ1) is 16.5. The van der Waals surface area contributed by atoms with Crippen molar-refractivity contribution in [2.75, 3.05) is 46.3 Å². The summed E-state index contributed by atoms with van der Waals surface area (Å²) < 4.78 is 2.04. The first-order chi connectivity index (χ1) is 9.95. The van der Waals surface area contributed by atoms with Crippen molar-refractivity contribution in [1.29, 1.82) is 0 Å². The van der Waals surface area contributed by atoms with Gasteiger partial charge in [-0.2, -0.15) is 5.10 Å². The Morgan fingerprint density at radius 1 is 1.19 bits per heavy atom. The molecule has 0 aliphatic carbocycles. The number of piperazine rings is 1. The van der Waals surface area contributed by atoms with Gasteiger partial charge in [0, 0.05) is 44.5 Å². The minimum absolute atomic E-state index is 0.0691. The molecule has 1 aromatic heterocycles. The molecule has 1 aliphatic heterocycles. The molecule has 5 nitrogen and oxygen atoms in total. The zero-order chi connectivity index (χ0) is 15.3. The minimum atomic E-state index is 0.0691. The summed E-state index contributed by atoms with van der Waals surface area (Å²) in [7, 11) is 2.21. The minimum Gasteiger partial charge on any atom is -0.313 e. The molecule has 0 bridgehead atoms. The van der Waals surface area contributed by atoms with Gasteiger partial charge in [0.25, 0.3) is 0 Å². The maximum absolute atomic E-state index is 4.43. The number of likely N-dealkylation sites (N-methyl/N-ethyl adjacent to an activating group) is 1. The second-order valence-corrected chi connectivity index (χ2v) is 7.14. The van der Waals surface area contributed by atoms with Crippen molar-refractivity contribution >= 4 is 0 Å². The van der Waals surface area contributed by atoms with E-state index in [1.807, 2.05) is 10.9 Å². The van der Waals surface area contributed by atoms with Crippen LogP contribution < -0.4 is 5.32 Å². The van der Waals surface area contributed by atoms with Crippen molar-refractivity contribution in [3.8, 4) is 0 Å². The van der Waals surface area contributed by atoms with Crippen LogP contribution in [-0.4, -0.2) is 65.9 Å². The molecule has 1 fully saturated rings. The molecule has 5 heteroatoms. The second-order valence-electron chi connectivity index (χ2n) is 7.14. The SMILES string of the molecule is CN1CCN(CCCNCc2cnn(C(C)(C)C)c2)CC1. The fraction of sp³-hybridized carbons (Fsp3) is 0.812. The highest BCUT2D eigenvalue weighted by Gasteiger charge is 2.14. The average molecular weight is 293 g/mol. The molecule has 2 rings (SSSR count). The molecule has 0 saturated carbocycles. The molecule has 0 amide bonds. The second kappa shape index (κ2) is 7.38. The van der Waals surface area contributed by atoms with Crippen LogP contribution in [0.1, 0.15) is 32.8 Å². The van der Waals surface area contributed by atoms with Crippen molar-refractivity contribution in [1.82, 2.24) is 24.9 Å². The third kappa shape index (κ3) is 5.41. The Kier molecular flexibility index (Phi) is 5.79. The lowest BCUT2D eigenvalue weighted by Gasteiger charge is -2.32. The number of nitrogens with zero attached hydrogens (tertiary/aromatic N) is 4. The topological polar surface area (TPSA) is 36.3 Å². The van der Waals surface area contributed by atoms with Crippen LogP contribution in [0.5, 0.6) is 0 Å². The van der Waals surface area contributed by atoms with E-state index in [-0.39, 0.29) is 5.54 Å². The molecule has 120 valence electrons. The van der Waals surface area contributed by atoms with E-state index >= 15 is 0 Å². The number of hydrogen-bond donors (Lipinski definition) is 1. The normalized spacial score (nSPS) is 18.3. The molecule has 0 radical (unpaired) electrons. The molecule has 2 heterocycles. The first-order valence-corrected chi connectivity index (χ1v) is 8.11. The van der Waals surface area contributed by atoms with Crippen molar-refractivity contribution in [3.63, 3.8) is 0 Å². The van der Waals surface area contributed by atoms with Gasteiger partial charge in [0.15, 0.2) is 0 Å². The fourth-order valence-electron chi connectivity index (χ4n) is 2.55. The predicted octanol–water partition coefficient (Wildman–Crippen LogP) is 1.37. The number of hydrogen-bond acceptors (Lipinski definition) is 4. The molecule has 0 aromatic carbocycles. The van der Waals surface area contributed by atoms with Crippen LogP contribution in [0.15, 0.2) is 12.4 Å². The zero-order valence-corrected chi connectivity index (χ0v) is 14.1. The molecular formula is C16H31N5. The van der Waals surface area contributed by atoms with E-state index in [4.69, 9.17) is 0 Å². The summed E-state index contributed by atoms with van der Waals surface area (Å²) in [5, 5.41) is 7.96. The van der Waals surface area contributed by atoms with Crippen LogP contribution in [-0.2, 0) is 12.1 Å². The molecule has 1 aliphatic rings. The van der Waals surface area contributed by atoms with Crippen molar-refractivity contribution in [3.05, 3.63) is 18.0 Å². The van der Waals surface area contributed by atoms with E-state index in [9.17, 15) is 0 Å². The maximum Gasteiger partial charge on any atom is 0.0543 e. The Balaban J connectivity index is 1.58. The molecule has 21 heavy (non-hydrogen) atoms. The van der Waals surface area contributed by atoms with Crippen LogP contribution >= 0.6 is 0 Å². The van der Waals surface area contributed by atoms with E-state index in [0.717, 1.165) is 13.1 Å². The van der Waals surface area contributed by atoms with E-state index in [2.05, 4.69) is 54.2 Å². The Morgan fingerprint density at radius 2 is 1.90 bits per heavy atom. The van der Waals surface area contributed by atoms with Gasteiger partial charge in [0.05, 0.1) is 11.7 Å². The van der Waals surface area contributed by atoms with Crippen molar-refractivity contribution in [2.24, 2.45) is 0 Å². The largest absolute Gasteiger partial charge is 0.313 e. The highest BCUT2D eigenvalue weighted by Crippen LogP contribution is 2.12. The Morgan fingerprint density at radius 3 is 2.52 bits per heavy atom. The number of rotatable bonds is 6. The molecular weight excluding hydrogens is 262 g/mol. The average Bonchev–Trinajstić information content (AvgIpc) is 2.89. The standard InChI is InChI=1S/C16H31N5/c1-16(2,3)21-14-15(13-18-21)12-17-6-5-7-20-10-8-19(4)9-11-20/h13-14,17H,5-12H2,1-4H3. The van der Waals surface area contributed by atoms with Gasteiger partial charge < -0.3 is 15.1 Å². The van der Waals surface area contributed by atoms with Gasteiger partial charge in [-0.1, -0.05) is 0 Å². The zero-order valence-electron chi connectivity index (χ0n) is 14.1. The van der Waals surface area contributed by atoms with E-state index in [1.165, 1.54) is 44.7 Å². The van der Waals surface area contributed by atoms with Crippen LogP contribution in [0.4, 0.5) is 0 Å². The Hall–Kier alpha value is -0.910. The van der Waals surface area contributed by atoms with Crippen LogP contribution in [0.3, 0.4) is 0 Å². The monoisotopic (exact) mass is 293 g/mol. The van der Waals surface area contributed by atoms with Gasteiger partial charge >= 0.3 is 0 Å². The summed E-state index contributed by atoms with van der Waals surface area (Å²) >= 11 is 0. The summed E-state index contributed by atoms with van der Waals surface area (Å²) in [5.41, 5.74) is 1.34. The predicted molar refractivity (Wildman–Crippen MR) is 87.5 cm³/mol. The first-order valence-electron chi connectivity index (χ1n) is 8.11. The Bertz CT molecular complexity index is 413. The summed E-state index contributed by atoms with van der Waals surface area (Å²) in [5.74, 6) is 0. The Labute approximate surface area is 129 Å². The van der Waals surface area contributed by atoms with Gasteiger partial charge in [-0.15, -0.1) is 0 Å². The highest BCUT2D eigenvalue weighted by molar-refractivity contribution is 5.04. The summed E-state index contributed by atoms with van der Waals surface area (Å²) in [4.78, 5) is 4.97. The lowest BCUT2D eigenvalue weighted by molar-refractivity contribution is 0.153. The molecule has 0 atom stereocenters. The number of nitrogens with one attached hydrogen (secondary N) is 1. The van der Waals surface area contributed by atoms with E-state index in [0.29, 0.717) is 0 Å². The summed E-state index contributed by atoms with van der Waals surface area (Å²) in [6.07, 6.45) is 5.34. The van der Waals surface area contributed by atoms with E-state index in [1.54, 1.807) is 0 Å². The lowest BCUT2D eigenvalue weighted by Crippen LogP contribution is -2.45. The van der Waals surface area contributed by atoms with Gasteiger partial charge in [-0.3, -0.25) is 4.68 Å². The molecule has 1 aromatic rings. The number of aromatic nitrogens is 2. The van der Waals surface area contributed by atoms with Crippen molar-refractivity contribution < 1.29 is 0 Å². The maximum atomic E-state index is 4.43.